The van der Waals surface area contributed by atoms with Crippen LogP contribution in [0.3, 0.4) is 0 Å². The van der Waals surface area contributed by atoms with Gasteiger partial charge < -0.3 is 9.47 Å². The number of benzene rings is 2. The van der Waals surface area contributed by atoms with Crippen LogP contribution in [0.15, 0.2) is 42.5 Å². The molecule has 0 aliphatic carbocycles. The van der Waals surface area contributed by atoms with Gasteiger partial charge >= 0.3 is 0 Å². The summed E-state index contributed by atoms with van der Waals surface area (Å²) in [5, 5.41) is 18.0. The average Bonchev–Trinajstić information content (AvgIpc) is 3.03. The van der Waals surface area contributed by atoms with Gasteiger partial charge in [0.1, 0.15) is 17.1 Å². The molecular weight excluding hydrogens is 292 g/mol. The Hall–Kier alpha value is -3.33. The van der Waals surface area contributed by atoms with Gasteiger partial charge in [-0.15, -0.1) is 15.0 Å². The molecule has 3 aromatic rings. The van der Waals surface area contributed by atoms with Crippen LogP contribution in [0, 0.1) is 11.3 Å². The second kappa shape index (κ2) is 6.20. The Morgan fingerprint density at radius 3 is 2.26 bits per heavy atom. The number of nitrogens with zero attached hydrogens (tertiary/aromatic N) is 4. The monoisotopic (exact) mass is 306 g/mol. The van der Waals surface area contributed by atoms with Crippen LogP contribution in [0.25, 0.3) is 22.8 Å². The lowest BCUT2D eigenvalue weighted by atomic mass is 10.1. The van der Waals surface area contributed by atoms with Crippen LogP contribution in [0.2, 0.25) is 0 Å². The average molecular weight is 306 g/mol. The first kappa shape index (κ1) is 14.6. The number of aromatic nitrogens is 3. The molecule has 0 fully saturated rings. The molecule has 23 heavy (non-hydrogen) atoms. The third-order valence-corrected chi connectivity index (χ3v) is 3.33. The highest BCUT2D eigenvalue weighted by Gasteiger charge is 2.08. The maximum Gasteiger partial charge on any atom is 0.163 e. The van der Waals surface area contributed by atoms with Crippen molar-refractivity contribution in [1.82, 2.24) is 15.0 Å². The molecule has 0 atom stereocenters. The summed E-state index contributed by atoms with van der Waals surface area (Å²) in [6.45, 7) is 0. The fourth-order valence-electron chi connectivity index (χ4n) is 2.20. The second-order valence-electron chi connectivity index (χ2n) is 4.73. The van der Waals surface area contributed by atoms with Crippen molar-refractivity contribution in [1.29, 1.82) is 5.26 Å². The Bertz CT molecular complexity index is 889. The largest absolute Gasteiger partial charge is 0.493 e. The normalized spacial score (nSPS) is 11.3. The summed E-state index contributed by atoms with van der Waals surface area (Å²) < 4.78 is 10.5. The molecule has 3 rings (SSSR count). The van der Waals surface area contributed by atoms with Gasteiger partial charge in [0.15, 0.2) is 17.2 Å². The zero-order valence-electron chi connectivity index (χ0n) is 12.7. The lowest BCUT2D eigenvalue weighted by Crippen LogP contribution is -1.99. The van der Waals surface area contributed by atoms with Gasteiger partial charge in [0, 0.05) is 0 Å². The SMILES string of the molecule is COc1ccc(/C=C(\C#N)n2nc3ccccc3n2)cc1OC. The minimum Gasteiger partial charge on any atom is -0.493 e. The molecule has 2 aromatic carbocycles. The summed E-state index contributed by atoms with van der Waals surface area (Å²) in [6, 6.07) is 15.0. The van der Waals surface area contributed by atoms with Gasteiger partial charge in [-0.2, -0.15) is 5.26 Å². The van der Waals surface area contributed by atoms with E-state index in [-0.39, 0.29) is 0 Å². The van der Waals surface area contributed by atoms with E-state index in [2.05, 4.69) is 16.3 Å². The van der Waals surface area contributed by atoms with E-state index in [1.165, 1.54) is 4.80 Å². The maximum atomic E-state index is 9.42. The molecule has 1 aromatic heterocycles. The fraction of sp³-hybridized carbons (Fsp3) is 0.118. The number of nitriles is 1. The van der Waals surface area contributed by atoms with Crippen LogP contribution in [-0.2, 0) is 0 Å². The van der Waals surface area contributed by atoms with Crippen LogP contribution in [0.5, 0.6) is 11.5 Å². The minimum atomic E-state index is 0.313. The van der Waals surface area contributed by atoms with Gasteiger partial charge in [-0.1, -0.05) is 18.2 Å². The van der Waals surface area contributed by atoms with E-state index in [0.717, 1.165) is 16.6 Å². The van der Waals surface area contributed by atoms with Crippen LogP contribution in [0.4, 0.5) is 0 Å². The first-order valence-electron chi connectivity index (χ1n) is 6.91. The van der Waals surface area contributed by atoms with Crippen LogP contribution >= 0.6 is 0 Å². The number of hydrogen-bond acceptors (Lipinski definition) is 5. The molecule has 0 bridgehead atoms. The summed E-state index contributed by atoms with van der Waals surface area (Å²) >= 11 is 0. The van der Waals surface area contributed by atoms with Crippen molar-refractivity contribution >= 4 is 22.8 Å². The van der Waals surface area contributed by atoms with E-state index in [9.17, 15) is 5.26 Å². The molecule has 0 spiro atoms. The molecule has 0 N–H and O–H groups in total. The summed E-state index contributed by atoms with van der Waals surface area (Å²) in [6.07, 6.45) is 1.70. The molecule has 0 radical (unpaired) electrons. The van der Waals surface area contributed by atoms with E-state index in [1.54, 1.807) is 32.4 Å². The maximum absolute atomic E-state index is 9.42. The fourth-order valence-corrected chi connectivity index (χ4v) is 2.20. The molecule has 0 aliphatic heterocycles. The van der Waals surface area contributed by atoms with Crippen molar-refractivity contribution < 1.29 is 9.47 Å². The third-order valence-electron chi connectivity index (χ3n) is 3.33. The first-order chi connectivity index (χ1) is 11.2. The molecular formula is C17H14N4O2. The van der Waals surface area contributed by atoms with Crippen LogP contribution < -0.4 is 9.47 Å². The highest BCUT2D eigenvalue weighted by molar-refractivity contribution is 5.81. The standard InChI is InChI=1S/C17H14N4O2/c1-22-16-8-7-12(10-17(16)23-2)9-13(11-18)21-19-14-5-3-4-6-15(14)20-21/h3-10H,1-2H3/b13-9+. The lowest BCUT2D eigenvalue weighted by molar-refractivity contribution is 0.355. The minimum absolute atomic E-state index is 0.313. The predicted octanol–water partition coefficient (Wildman–Crippen LogP) is 2.97. The van der Waals surface area contributed by atoms with Crippen molar-refractivity contribution in [3.05, 3.63) is 48.0 Å². The van der Waals surface area contributed by atoms with Gasteiger partial charge in [-0.25, -0.2) is 0 Å². The molecule has 6 heteroatoms. The molecule has 114 valence electrons. The molecule has 0 saturated carbocycles. The number of hydrogen-bond donors (Lipinski definition) is 0. The van der Waals surface area contributed by atoms with E-state index in [1.807, 2.05) is 30.3 Å². The predicted molar refractivity (Wildman–Crippen MR) is 86.9 cm³/mol. The number of fused-ring (bicyclic) bond motifs is 1. The Labute approximate surface area is 133 Å². The summed E-state index contributed by atoms with van der Waals surface area (Å²) in [7, 11) is 3.14. The third kappa shape index (κ3) is 2.85. The smallest absolute Gasteiger partial charge is 0.163 e. The Balaban J connectivity index is 2.03. The Kier molecular flexibility index (Phi) is 3.93. The van der Waals surface area contributed by atoms with Gasteiger partial charge in [-0.05, 0) is 35.9 Å². The second-order valence-corrected chi connectivity index (χ2v) is 4.73. The highest BCUT2D eigenvalue weighted by atomic mass is 16.5. The number of ether oxygens (including phenoxy) is 2. The zero-order chi connectivity index (χ0) is 16.2. The van der Waals surface area contributed by atoms with Crippen molar-refractivity contribution in [2.24, 2.45) is 0 Å². The van der Waals surface area contributed by atoms with Crippen molar-refractivity contribution in [3.63, 3.8) is 0 Å². The van der Waals surface area contributed by atoms with Crippen molar-refractivity contribution in [3.8, 4) is 17.6 Å². The van der Waals surface area contributed by atoms with Crippen LogP contribution in [-0.4, -0.2) is 29.2 Å². The summed E-state index contributed by atoms with van der Waals surface area (Å²) in [4.78, 5) is 1.33. The number of allylic oxidation sites excluding steroid dienone is 1. The molecule has 0 aliphatic rings. The van der Waals surface area contributed by atoms with E-state index >= 15 is 0 Å². The topological polar surface area (TPSA) is 73.0 Å². The van der Waals surface area contributed by atoms with E-state index in [4.69, 9.17) is 9.47 Å². The van der Waals surface area contributed by atoms with E-state index < -0.39 is 0 Å². The van der Waals surface area contributed by atoms with Gasteiger partial charge in [0.25, 0.3) is 0 Å². The molecule has 6 nitrogen and oxygen atoms in total. The Morgan fingerprint density at radius 2 is 1.70 bits per heavy atom. The quantitative estimate of drug-likeness (QED) is 0.693. The number of methoxy groups -OCH3 is 2. The van der Waals surface area contributed by atoms with Gasteiger partial charge in [0.2, 0.25) is 0 Å². The zero-order valence-corrected chi connectivity index (χ0v) is 12.7. The first-order valence-corrected chi connectivity index (χ1v) is 6.91. The molecule has 0 amide bonds. The molecule has 1 heterocycles. The van der Waals surface area contributed by atoms with E-state index in [0.29, 0.717) is 17.2 Å². The molecule has 0 saturated heterocycles. The van der Waals surface area contributed by atoms with Crippen LogP contribution in [0.1, 0.15) is 5.56 Å². The highest BCUT2D eigenvalue weighted by Crippen LogP contribution is 2.28. The molecule has 0 unspecified atom stereocenters. The van der Waals surface area contributed by atoms with Crippen molar-refractivity contribution in [2.75, 3.05) is 14.2 Å². The summed E-state index contributed by atoms with van der Waals surface area (Å²) in [5.41, 5.74) is 2.58. The lowest BCUT2D eigenvalue weighted by Gasteiger charge is -2.07. The van der Waals surface area contributed by atoms with Crippen molar-refractivity contribution in [2.45, 2.75) is 0 Å². The number of rotatable bonds is 4. The Morgan fingerprint density at radius 1 is 1.04 bits per heavy atom. The van der Waals surface area contributed by atoms with Gasteiger partial charge in [-0.3, -0.25) is 0 Å². The summed E-state index contributed by atoms with van der Waals surface area (Å²) in [5.74, 6) is 1.23. The van der Waals surface area contributed by atoms with Gasteiger partial charge in [0.05, 0.1) is 14.2 Å².